The second-order valence-electron chi connectivity index (χ2n) is 7.06. The smallest absolute Gasteiger partial charge is 0.259 e. The summed E-state index contributed by atoms with van der Waals surface area (Å²) in [7, 11) is 1.90. The molecule has 0 spiro atoms. The number of benzene rings is 2. The van der Waals surface area contributed by atoms with Crippen LogP contribution in [0.3, 0.4) is 0 Å². The molecule has 144 valence electrons. The Bertz CT molecular complexity index is 715. The second-order valence-corrected chi connectivity index (χ2v) is 7.06. The number of para-hydroxylation sites is 1. The van der Waals surface area contributed by atoms with Gasteiger partial charge < -0.3 is 14.4 Å². The minimum Gasteiger partial charge on any atom is -0.494 e. The normalized spacial score (nSPS) is 15.8. The van der Waals surface area contributed by atoms with E-state index in [1.807, 2.05) is 79.5 Å². The van der Waals surface area contributed by atoms with Crippen molar-refractivity contribution in [2.45, 2.75) is 44.2 Å². The number of carbonyl (C=O) groups excluding carboxylic acids is 1. The summed E-state index contributed by atoms with van der Waals surface area (Å²) in [6.07, 6.45) is 3.50. The van der Waals surface area contributed by atoms with Gasteiger partial charge in [-0.3, -0.25) is 4.79 Å². The van der Waals surface area contributed by atoms with Crippen molar-refractivity contribution in [1.29, 1.82) is 0 Å². The summed E-state index contributed by atoms with van der Waals surface area (Å²) in [6, 6.07) is 20.0. The van der Waals surface area contributed by atoms with Crippen LogP contribution in [0.25, 0.3) is 0 Å². The molecule has 0 N–H and O–H groups in total. The lowest BCUT2D eigenvalue weighted by Gasteiger charge is -2.36. The third kappa shape index (κ3) is 4.69. The van der Waals surface area contributed by atoms with Gasteiger partial charge in [0.15, 0.2) is 5.60 Å². The third-order valence-electron chi connectivity index (χ3n) is 5.15. The van der Waals surface area contributed by atoms with Crippen molar-refractivity contribution in [3.05, 3.63) is 66.2 Å². The van der Waals surface area contributed by atoms with Gasteiger partial charge in [-0.15, -0.1) is 0 Å². The van der Waals surface area contributed by atoms with E-state index in [0.29, 0.717) is 25.7 Å². The van der Waals surface area contributed by atoms with Crippen LogP contribution in [0.1, 0.15) is 38.2 Å². The van der Waals surface area contributed by atoms with Crippen molar-refractivity contribution in [3.63, 3.8) is 0 Å². The summed E-state index contributed by atoms with van der Waals surface area (Å²) < 4.78 is 12.0. The molecule has 0 heterocycles. The van der Waals surface area contributed by atoms with Gasteiger partial charge in [-0.2, -0.15) is 0 Å². The molecular formula is C23H29NO3. The van der Waals surface area contributed by atoms with Crippen molar-refractivity contribution < 1.29 is 14.3 Å². The zero-order chi connectivity index (χ0) is 19.1. The Morgan fingerprint density at radius 1 is 1.04 bits per heavy atom. The highest BCUT2D eigenvalue weighted by atomic mass is 16.5. The molecule has 4 heteroatoms. The minimum absolute atomic E-state index is 0.0580. The van der Waals surface area contributed by atoms with Crippen LogP contribution in [0.4, 0.5) is 0 Å². The van der Waals surface area contributed by atoms with Gasteiger partial charge in [0, 0.05) is 19.5 Å². The fourth-order valence-corrected chi connectivity index (χ4v) is 3.36. The van der Waals surface area contributed by atoms with E-state index in [0.717, 1.165) is 30.6 Å². The van der Waals surface area contributed by atoms with E-state index < -0.39 is 5.60 Å². The van der Waals surface area contributed by atoms with Crippen LogP contribution in [0, 0.1) is 0 Å². The number of ether oxygens (including phenoxy) is 2. The molecule has 1 aliphatic rings. The van der Waals surface area contributed by atoms with Crippen molar-refractivity contribution in [1.82, 2.24) is 4.90 Å². The minimum atomic E-state index is -0.925. The van der Waals surface area contributed by atoms with E-state index in [-0.39, 0.29) is 5.91 Å². The van der Waals surface area contributed by atoms with Gasteiger partial charge in [0.25, 0.3) is 5.91 Å². The molecule has 1 aliphatic carbocycles. The van der Waals surface area contributed by atoms with E-state index in [4.69, 9.17) is 9.47 Å². The van der Waals surface area contributed by atoms with Gasteiger partial charge in [-0.1, -0.05) is 55.5 Å². The van der Waals surface area contributed by atoms with Gasteiger partial charge in [0.1, 0.15) is 5.75 Å². The maximum absolute atomic E-state index is 13.3. The predicted molar refractivity (Wildman–Crippen MR) is 107 cm³/mol. The van der Waals surface area contributed by atoms with Crippen molar-refractivity contribution in [3.8, 4) is 5.75 Å². The topological polar surface area (TPSA) is 38.8 Å². The highest BCUT2D eigenvalue weighted by Gasteiger charge is 2.44. The maximum Gasteiger partial charge on any atom is 0.259 e. The largest absolute Gasteiger partial charge is 0.494 e. The molecule has 2 aromatic rings. The first kappa shape index (κ1) is 19.4. The van der Waals surface area contributed by atoms with E-state index in [9.17, 15) is 4.79 Å². The van der Waals surface area contributed by atoms with E-state index in [1.54, 1.807) is 0 Å². The number of amides is 1. The van der Waals surface area contributed by atoms with Crippen LogP contribution in [-0.4, -0.2) is 37.1 Å². The van der Waals surface area contributed by atoms with E-state index >= 15 is 0 Å². The van der Waals surface area contributed by atoms with E-state index in [2.05, 4.69) is 0 Å². The number of nitrogens with zero attached hydrogens (tertiary/aromatic N) is 1. The molecule has 4 nitrogen and oxygen atoms in total. The van der Waals surface area contributed by atoms with Gasteiger partial charge in [-0.05, 0) is 37.0 Å². The first-order valence-electron chi connectivity index (χ1n) is 9.82. The van der Waals surface area contributed by atoms with Crippen molar-refractivity contribution >= 4 is 5.91 Å². The molecule has 0 radical (unpaired) electrons. The molecule has 0 aliphatic heterocycles. The predicted octanol–water partition coefficient (Wildman–Crippen LogP) is 4.40. The molecule has 27 heavy (non-hydrogen) atoms. The lowest BCUT2D eigenvalue weighted by atomic mass is 9.89. The highest BCUT2D eigenvalue weighted by Crippen LogP contribution is 2.36. The molecule has 3 rings (SSSR count). The van der Waals surface area contributed by atoms with Gasteiger partial charge >= 0.3 is 0 Å². The maximum atomic E-state index is 13.3. The van der Waals surface area contributed by atoms with Crippen LogP contribution in [0.15, 0.2) is 60.7 Å². The third-order valence-corrected chi connectivity index (χ3v) is 5.15. The summed E-state index contributed by atoms with van der Waals surface area (Å²) in [5.74, 6) is 0.912. The SMILES string of the molecule is CCC(OCCCOc1ccccc1)(C(=O)N(C)C1CC1)c1ccccc1. The molecule has 0 saturated heterocycles. The number of carbonyl (C=O) groups is 1. The lowest BCUT2D eigenvalue weighted by Crippen LogP contribution is -2.48. The Kier molecular flexibility index (Phi) is 6.51. The Balaban J connectivity index is 1.65. The van der Waals surface area contributed by atoms with Crippen LogP contribution in [-0.2, 0) is 15.1 Å². The summed E-state index contributed by atoms with van der Waals surface area (Å²) in [5, 5.41) is 0. The Morgan fingerprint density at radius 2 is 1.67 bits per heavy atom. The van der Waals surface area contributed by atoms with Gasteiger partial charge in [-0.25, -0.2) is 0 Å². The fourth-order valence-electron chi connectivity index (χ4n) is 3.36. The van der Waals surface area contributed by atoms with Crippen molar-refractivity contribution in [2.24, 2.45) is 0 Å². The molecule has 1 fully saturated rings. The molecule has 0 aromatic heterocycles. The standard InChI is InChI=1S/C23H29NO3/c1-3-23(19-11-6-4-7-12-19,22(25)24(2)20-15-16-20)27-18-10-17-26-21-13-8-5-9-14-21/h4-9,11-14,20H,3,10,15-18H2,1-2H3. The second kappa shape index (κ2) is 9.05. The van der Waals surface area contributed by atoms with E-state index in [1.165, 1.54) is 0 Å². The first-order valence-corrected chi connectivity index (χ1v) is 9.82. The highest BCUT2D eigenvalue weighted by molar-refractivity contribution is 5.87. The fraction of sp³-hybridized carbons (Fsp3) is 0.435. The Hall–Kier alpha value is -2.33. The average molecular weight is 367 g/mol. The first-order chi connectivity index (χ1) is 13.2. The summed E-state index contributed by atoms with van der Waals surface area (Å²) >= 11 is 0. The summed E-state index contributed by atoms with van der Waals surface area (Å²) in [6.45, 7) is 3.05. The number of hydrogen-bond donors (Lipinski definition) is 0. The van der Waals surface area contributed by atoms with Crippen LogP contribution in [0.2, 0.25) is 0 Å². The molecule has 0 bridgehead atoms. The van der Waals surface area contributed by atoms with Crippen LogP contribution < -0.4 is 4.74 Å². The van der Waals surface area contributed by atoms with Crippen molar-refractivity contribution in [2.75, 3.05) is 20.3 Å². The number of likely N-dealkylation sites (N-methyl/N-ethyl adjacent to an activating group) is 1. The average Bonchev–Trinajstić information content (AvgIpc) is 3.57. The number of hydrogen-bond acceptors (Lipinski definition) is 3. The molecule has 2 aromatic carbocycles. The Morgan fingerprint density at radius 3 is 2.26 bits per heavy atom. The summed E-state index contributed by atoms with van der Waals surface area (Å²) in [4.78, 5) is 15.2. The molecular weight excluding hydrogens is 338 g/mol. The quantitative estimate of drug-likeness (QED) is 0.584. The van der Waals surface area contributed by atoms with Crippen LogP contribution >= 0.6 is 0 Å². The lowest BCUT2D eigenvalue weighted by molar-refractivity contribution is -0.161. The van der Waals surface area contributed by atoms with Crippen LogP contribution in [0.5, 0.6) is 5.75 Å². The zero-order valence-electron chi connectivity index (χ0n) is 16.3. The molecule has 1 saturated carbocycles. The molecule has 1 amide bonds. The van der Waals surface area contributed by atoms with Gasteiger partial charge in [0.2, 0.25) is 0 Å². The number of rotatable bonds is 10. The Labute approximate surface area is 162 Å². The molecule has 1 unspecified atom stereocenters. The zero-order valence-corrected chi connectivity index (χ0v) is 16.3. The van der Waals surface area contributed by atoms with Gasteiger partial charge in [0.05, 0.1) is 13.2 Å². The monoisotopic (exact) mass is 367 g/mol. The molecule has 1 atom stereocenters. The summed E-state index contributed by atoms with van der Waals surface area (Å²) in [5.41, 5.74) is -0.000272.